The standard InChI is InChI=1S/C23H15Cl2N9/c24-14-5-2-1-4-13(14)20-17(31-16-7-3-6-15(25)21(16)32-20)10-34-23-18(22(26)27-11-28-23)19(33-34)12-8-29-30-9-12/h1-9,11H,10H2,(H,29,30)(H2,26,27,28). The van der Waals surface area contributed by atoms with Crippen LogP contribution in [0.15, 0.2) is 61.2 Å². The highest BCUT2D eigenvalue weighted by atomic mass is 35.5. The molecule has 0 bridgehead atoms. The molecule has 0 unspecified atom stereocenters. The lowest BCUT2D eigenvalue weighted by atomic mass is 10.1. The fraction of sp³-hybridized carbons (Fsp3) is 0.0435. The average Bonchev–Trinajstić information content (AvgIpc) is 3.49. The van der Waals surface area contributed by atoms with Crippen LogP contribution in [-0.2, 0) is 6.54 Å². The van der Waals surface area contributed by atoms with E-state index in [-0.39, 0.29) is 6.54 Å². The zero-order valence-electron chi connectivity index (χ0n) is 17.4. The van der Waals surface area contributed by atoms with Crippen molar-refractivity contribution >= 4 is 51.1 Å². The van der Waals surface area contributed by atoms with Crippen molar-refractivity contribution in [2.75, 3.05) is 5.73 Å². The smallest absolute Gasteiger partial charge is 0.164 e. The third kappa shape index (κ3) is 3.33. The highest BCUT2D eigenvalue weighted by molar-refractivity contribution is 6.35. The predicted molar refractivity (Wildman–Crippen MR) is 131 cm³/mol. The summed E-state index contributed by atoms with van der Waals surface area (Å²) in [7, 11) is 0. The van der Waals surface area contributed by atoms with Crippen molar-refractivity contribution in [1.29, 1.82) is 0 Å². The molecule has 0 saturated carbocycles. The zero-order valence-corrected chi connectivity index (χ0v) is 19.0. The molecule has 3 N–H and O–H groups in total. The second kappa shape index (κ2) is 8.05. The molecular weight excluding hydrogens is 473 g/mol. The molecule has 0 radical (unpaired) electrons. The first-order valence-electron chi connectivity index (χ1n) is 10.3. The fourth-order valence-corrected chi connectivity index (χ4v) is 4.36. The summed E-state index contributed by atoms with van der Waals surface area (Å²) in [5.41, 5.74) is 11.4. The highest BCUT2D eigenvalue weighted by Crippen LogP contribution is 2.34. The number of halogens is 2. The van der Waals surface area contributed by atoms with Crippen LogP contribution in [0.3, 0.4) is 0 Å². The number of nitrogens with one attached hydrogen (secondary N) is 1. The minimum atomic E-state index is 0.265. The Bertz CT molecular complexity index is 1680. The summed E-state index contributed by atoms with van der Waals surface area (Å²) in [5.74, 6) is 0.329. The first-order valence-corrected chi connectivity index (χ1v) is 11.0. The molecule has 4 aromatic heterocycles. The monoisotopic (exact) mass is 487 g/mol. The van der Waals surface area contributed by atoms with E-state index in [1.807, 2.05) is 36.4 Å². The Hall–Kier alpha value is -4.08. The van der Waals surface area contributed by atoms with Gasteiger partial charge in [0.2, 0.25) is 0 Å². The largest absolute Gasteiger partial charge is 0.383 e. The molecule has 0 atom stereocenters. The number of hydrogen-bond acceptors (Lipinski definition) is 7. The Balaban J connectivity index is 1.59. The summed E-state index contributed by atoms with van der Waals surface area (Å²) < 4.78 is 1.73. The van der Waals surface area contributed by atoms with E-state index in [4.69, 9.17) is 44.0 Å². The number of H-pyrrole nitrogens is 1. The first kappa shape index (κ1) is 20.5. The van der Waals surface area contributed by atoms with Crippen LogP contribution in [0.5, 0.6) is 0 Å². The summed E-state index contributed by atoms with van der Waals surface area (Å²) in [6.45, 7) is 0.265. The van der Waals surface area contributed by atoms with Gasteiger partial charge in [0.15, 0.2) is 5.65 Å². The third-order valence-electron chi connectivity index (χ3n) is 5.48. The lowest BCUT2D eigenvalue weighted by Crippen LogP contribution is -2.08. The summed E-state index contributed by atoms with van der Waals surface area (Å²) >= 11 is 13.0. The number of aromatic nitrogens is 8. The van der Waals surface area contributed by atoms with Gasteiger partial charge in [0.1, 0.15) is 23.4 Å². The van der Waals surface area contributed by atoms with E-state index in [2.05, 4.69) is 20.2 Å². The number of fused-ring (bicyclic) bond motifs is 2. The number of para-hydroxylation sites is 1. The van der Waals surface area contributed by atoms with Gasteiger partial charge in [-0.1, -0.05) is 47.5 Å². The molecule has 166 valence electrons. The maximum Gasteiger partial charge on any atom is 0.164 e. The summed E-state index contributed by atoms with van der Waals surface area (Å²) in [5, 5.41) is 13.3. The Morgan fingerprint density at radius 3 is 2.62 bits per heavy atom. The number of benzene rings is 2. The molecule has 6 rings (SSSR count). The van der Waals surface area contributed by atoms with E-state index in [1.54, 1.807) is 23.1 Å². The Morgan fingerprint density at radius 1 is 0.941 bits per heavy atom. The number of aromatic amines is 1. The minimum absolute atomic E-state index is 0.265. The molecule has 0 spiro atoms. The molecule has 0 aliphatic carbocycles. The molecule has 0 fully saturated rings. The zero-order chi connectivity index (χ0) is 23.2. The van der Waals surface area contributed by atoms with E-state index in [0.29, 0.717) is 55.0 Å². The lowest BCUT2D eigenvalue weighted by Gasteiger charge is -2.12. The number of anilines is 1. The second-order valence-corrected chi connectivity index (χ2v) is 8.37. The van der Waals surface area contributed by atoms with Crippen LogP contribution in [0.25, 0.3) is 44.6 Å². The number of hydrogen-bond donors (Lipinski definition) is 2. The molecule has 0 saturated heterocycles. The SMILES string of the molecule is Nc1ncnc2c1c(-c1cn[nH]c1)nn2Cc1nc2cccc(Cl)c2nc1-c1ccccc1Cl. The number of nitrogens with two attached hydrogens (primary N) is 1. The summed E-state index contributed by atoms with van der Waals surface area (Å²) in [6.07, 6.45) is 4.83. The van der Waals surface area contributed by atoms with Crippen molar-refractivity contribution in [3.8, 4) is 22.5 Å². The van der Waals surface area contributed by atoms with Crippen LogP contribution in [0, 0.1) is 0 Å². The van der Waals surface area contributed by atoms with Gasteiger partial charge < -0.3 is 5.73 Å². The van der Waals surface area contributed by atoms with Gasteiger partial charge in [0, 0.05) is 17.3 Å². The van der Waals surface area contributed by atoms with E-state index < -0.39 is 0 Å². The van der Waals surface area contributed by atoms with E-state index in [0.717, 1.165) is 11.1 Å². The van der Waals surface area contributed by atoms with E-state index in [1.165, 1.54) is 6.33 Å². The van der Waals surface area contributed by atoms with Crippen LogP contribution in [0.4, 0.5) is 5.82 Å². The highest BCUT2D eigenvalue weighted by Gasteiger charge is 2.21. The van der Waals surface area contributed by atoms with Gasteiger partial charge in [-0.3, -0.25) is 5.10 Å². The molecule has 0 aliphatic heterocycles. The van der Waals surface area contributed by atoms with Gasteiger partial charge in [-0.05, 0) is 18.2 Å². The molecule has 6 aromatic rings. The van der Waals surface area contributed by atoms with Gasteiger partial charge in [-0.2, -0.15) is 10.2 Å². The average molecular weight is 488 g/mol. The predicted octanol–water partition coefficient (Wildman–Crippen LogP) is 4.76. The van der Waals surface area contributed by atoms with Gasteiger partial charge in [-0.15, -0.1) is 0 Å². The van der Waals surface area contributed by atoms with E-state index >= 15 is 0 Å². The quantitative estimate of drug-likeness (QED) is 0.367. The van der Waals surface area contributed by atoms with Gasteiger partial charge in [0.25, 0.3) is 0 Å². The molecular formula is C23H15Cl2N9. The Kier molecular flexibility index (Phi) is 4.86. The molecule has 9 nitrogen and oxygen atoms in total. The molecule has 11 heteroatoms. The van der Waals surface area contributed by atoms with Crippen molar-refractivity contribution in [2.24, 2.45) is 0 Å². The topological polar surface area (TPSA) is 124 Å². The first-order chi connectivity index (χ1) is 16.6. The molecule has 2 aromatic carbocycles. The summed E-state index contributed by atoms with van der Waals surface area (Å²) in [6, 6.07) is 13.0. The van der Waals surface area contributed by atoms with Crippen LogP contribution < -0.4 is 5.73 Å². The van der Waals surface area contributed by atoms with Crippen molar-refractivity contribution in [3.05, 3.63) is 76.9 Å². The maximum absolute atomic E-state index is 6.54. The van der Waals surface area contributed by atoms with Crippen molar-refractivity contribution in [1.82, 2.24) is 39.9 Å². The maximum atomic E-state index is 6.54. The summed E-state index contributed by atoms with van der Waals surface area (Å²) in [4.78, 5) is 18.4. The van der Waals surface area contributed by atoms with Gasteiger partial charge in [0.05, 0.1) is 45.1 Å². The fourth-order valence-electron chi connectivity index (χ4n) is 3.92. The molecule has 4 heterocycles. The number of nitrogens with zero attached hydrogens (tertiary/aromatic N) is 7. The molecule has 0 aliphatic rings. The second-order valence-electron chi connectivity index (χ2n) is 7.56. The number of nitrogen functional groups attached to an aromatic ring is 1. The Labute approximate surface area is 202 Å². The van der Waals surface area contributed by atoms with Crippen LogP contribution >= 0.6 is 23.2 Å². The van der Waals surface area contributed by atoms with Gasteiger partial charge >= 0.3 is 0 Å². The van der Waals surface area contributed by atoms with Crippen molar-refractivity contribution in [3.63, 3.8) is 0 Å². The minimum Gasteiger partial charge on any atom is -0.383 e. The Morgan fingerprint density at radius 2 is 1.79 bits per heavy atom. The van der Waals surface area contributed by atoms with Crippen molar-refractivity contribution in [2.45, 2.75) is 6.54 Å². The molecule has 0 amide bonds. The van der Waals surface area contributed by atoms with Crippen molar-refractivity contribution < 1.29 is 0 Å². The van der Waals surface area contributed by atoms with Crippen LogP contribution in [-0.4, -0.2) is 39.9 Å². The third-order valence-corrected chi connectivity index (χ3v) is 6.11. The van der Waals surface area contributed by atoms with Gasteiger partial charge in [-0.25, -0.2) is 24.6 Å². The van der Waals surface area contributed by atoms with Crippen LogP contribution in [0.2, 0.25) is 10.0 Å². The van der Waals surface area contributed by atoms with E-state index in [9.17, 15) is 0 Å². The molecule has 34 heavy (non-hydrogen) atoms. The number of rotatable bonds is 4. The van der Waals surface area contributed by atoms with Crippen LogP contribution in [0.1, 0.15) is 5.69 Å². The lowest BCUT2D eigenvalue weighted by molar-refractivity contribution is 0.692. The normalized spacial score (nSPS) is 11.5.